The summed E-state index contributed by atoms with van der Waals surface area (Å²) in [5.41, 5.74) is 4.27. The van der Waals surface area contributed by atoms with Crippen molar-refractivity contribution >= 4 is 43.8 Å². The lowest BCUT2D eigenvalue weighted by atomic mass is 10.1. The Morgan fingerprint density at radius 2 is 0.868 bits per heavy atom. The van der Waals surface area contributed by atoms with E-state index in [0.29, 0.717) is 22.6 Å². The zero-order chi connectivity index (χ0) is 26.5. The van der Waals surface area contributed by atoms with Crippen LogP contribution in [0, 0.1) is 0 Å². The van der Waals surface area contributed by atoms with Gasteiger partial charge in [-0.25, -0.2) is 14.6 Å². The number of benzene rings is 4. The second kappa shape index (κ2) is 11.5. The van der Waals surface area contributed by atoms with Crippen LogP contribution in [-0.2, 0) is 0 Å². The lowest BCUT2D eigenvalue weighted by Crippen LogP contribution is -2.08. The van der Waals surface area contributed by atoms with Gasteiger partial charge in [-0.05, 0) is 109 Å². The molecule has 0 aliphatic rings. The molecule has 5 aromatic rings. The molecular weight excluding hydrogens is 610 g/mol. The minimum absolute atomic E-state index is 0.420. The van der Waals surface area contributed by atoms with E-state index in [4.69, 9.17) is 14.5 Å². The van der Waals surface area contributed by atoms with Crippen LogP contribution in [0.3, 0.4) is 0 Å². The van der Waals surface area contributed by atoms with Crippen LogP contribution >= 0.6 is 31.9 Å². The Labute approximate surface area is 236 Å². The standard InChI is InChI=1S/C31H19Br2NO4/c32-24-12-4-22(5-13-24)30(35)37-26-16-8-20(9-17-26)28-2-1-3-29(34-28)21-10-18-27(19-11-21)38-31(36)23-6-14-25(33)15-7-23/h1-19H. The second-order valence-electron chi connectivity index (χ2n) is 8.25. The highest BCUT2D eigenvalue weighted by atomic mass is 79.9. The summed E-state index contributed by atoms with van der Waals surface area (Å²) in [6, 6.07) is 34.2. The summed E-state index contributed by atoms with van der Waals surface area (Å²) in [4.78, 5) is 29.5. The Morgan fingerprint density at radius 1 is 0.500 bits per heavy atom. The topological polar surface area (TPSA) is 65.5 Å². The molecule has 0 amide bonds. The van der Waals surface area contributed by atoms with Crippen molar-refractivity contribution < 1.29 is 19.1 Å². The molecule has 0 saturated heterocycles. The molecule has 0 aliphatic heterocycles. The van der Waals surface area contributed by atoms with E-state index >= 15 is 0 Å². The SMILES string of the molecule is O=C(Oc1ccc(-c2cccc(-c3ccc(OC(=O)c4ccc(Br)cc4)cc3)n2)cc1)c1ccc(Br)cc1. The van der Waals surface area contributed by atoms with Crippen LogP contribution < -0.4 is 9.47 Å². The minimum Gasteiger partial charge on any atom is -0.423 e. The van der Waals surface area contributed by atoms with E-state index in [0.717, 1.165) is 31.5 Å². The van der Waals surface area contributed by atoms with Crippen molar-refractivity contribution in [1.29, 1.82) is 0 Å². The Bertz CT molecular complexity index is 1460. The Kier molecular flexibility index (Phi) is 7.77. The molecule has 38 heavy (non-hydrogen) atoms. The minimum atomic E-state index is -0.420. The van der Waals surface area contributed by atoms with Gasteiger partial charge in [0.25, 0.3) is 0 Å². The van der Waals surface area contributed by atoms with Gasteiger partial charge >= 0.3 is 11.9 Å². The normalized spacial score (nSPS) is 10.6. The van der Waals surface area contributed by atoms with Gasteiger partial charge in [0.1, 0.15) is 11.5 Å². The number of esters is 2. The molecule has 0 atom stereocenters. The molecule has 0 fully saturated rings. The average molecular weight is 629 g/mol. The summed E-state index contributed by atoms with van der Waals surface area (Å²) in [7, 11) is 0. The molecule has 1 aromatic heterocycles. The predicted octanol–water partition coefficient (Wildman–Crippen LogP) is 8.38. The average Bonchev–Trinajstić information content (AvgIpc) is 2.94. The smallest absolute Gasteiger partial charge is 0.343 e. The van der Waals surface area contributed by atoms with Crippen molar-refractivity contribution in [2.75, 3.05) is 0 Å². The van der Waals surface area contributed by atoms with Crippen LogP contribution in [0.15, 0.2) is 124 Å². The molecule has 0 aliphatic carbocycles. The molecule has 0 unspecified atom stereocenters. The number of rotatable bonds is 6. The third-order valence-electron chi connectivity index (χ3n) is 5.63. The Hall–Kier alpha value is -4.07. The third-order valence-corrected chi connectivity index (χ3v) is 6.69. The molecule has 1 heterocycles. The number of ether oxygens (including phenoxy) is 2. The molecule has 7 heteroatoms. The van der Waals surface area contributed by atoms with E-state index in [-0.39, 0.29) is 0 Å². The lowest BCUT2D eigenvalue weighted by molar-refractivity contribution is 0.0725. The van der Waals surface area contributed by atoms with Crippen molar-refractivity contribution in [3.8, 4) is 34.0 Å². The zero-order valence-electron chi connectivity index (χ0n) is 19.8. The van der Waals surface area contributed by atoms with Crippen LogP contribution in [-0.4, -0.2) is 16.9 Å². The van der Waals surface area contributed by atoms with Gasteiger partial charge in [-0.2, -0.15) is 0 Å². The van der Waals surface area contributed by atoms with E-state index in [2.05, 4.69) is 31.9 Å². The molecule has 4 aromatic carbocycles. The molecule has 0 saturated carbocycles. The Balaban J connectivity index is 1.26. The summed E-state index contributed by atoms with van der Waals surface area (Å²) in [6.07, 6.45) is 0. The molecule has 0 N–H and O–H groups in total. The molecule has 0 radical (unpaired) electrons. The number of halogens is 2. The van der Waals surface area contributed by atoms with Gasteiger partial charge in [0.2, 0.25) is 0 Å². The summed E-state index contributed by atoms with van der Waals surface area (Å²) >= 11 is 6.71. The van der Waals surface area contributed by atoms with E-state index < -0.39 is 11.9 Å². The van der Waals surface area contributed by atoms with Gasteiger partial charge in [0.15, 0.2) is 0 Å². The lowest BCUT2D eigenvalue weighted by Gasteiger charge is -2.08. The molecule has 0 spiro atoms. The molecule has 5 nitrogen and oxygen atoms in total. The van der Waals surface area contributed by atoms with E-state index in [1.54, 1.807) is 72.8 Å². The summed E-state index contributed by atoms with van der Waals surface area (Å²) in [6.45, 7) is 0. The second-order valence-corrected chi connectivity index (χ2v) is 10.1. The van der Waals surface area contributed by atoms with E-state index in [1.807, 2.05) is 42.5 Å². The first-order valence-corrected chi connectivity index (χ1v) is 13.2. The van der Waals surface area contributed by atoms with Gasteiger partial charge in [-0.1, -0.05) is 37.9 Å². The van der Waals surface area contributed by atoms with Crippen LogP contribution in [0.1, 0.15) is 20.7 Å². The summed E-state index contributed by atoms with van der Waals surface area (Å²) in [5, 5.41) is 0. The molecule has 0 bridgehead atoms. The van der Waals surface area contributed by atoms with Gasteiger partial charge in [-0.15, -0.1) is 0 Å². The monoisotopic (exact) mass is 627 g/mol. The van der Waals surface area contributed by atoms with Crippen LogP contribution in [0.2, 0.25) is 0 Å². The number of pyridine rings is 1. The van der Waals surface area contributed by atoms with Crippen molar-refractivity contribution in [2.24, 2.45) is 0 Å². The van der Waals surface area contributed by atoms with Crippen molar-refractivity contribution in [3.63, 3.8) is 0 Å². The van der Waals surface area contributed by atoms with Crippen LogP contribution in [0.4, 0.5) is 0 Å². The fraction of sp³-hybridized carbons (Fsp3) is 0. The number of nitrogens with zero attached hydrogens (tertiary/aromatic N) is 1. The molecular formula is C31H19Br2NO4. The fourth-order valence-electron chi connectivity index (χ4n) is 3.65. The van der Waals surface area contributed by atoms with Crippen molar-refractivity contribution in [1.82, 2.24) is 4.98 Å². The van der Waals surface area contributed by atoms with Gasteiger partial charge in [-0.3, -0.25) is 0 Å². The van der Waals surface area contributed by atoms with E-state index in [9.17, 15) is 9.59 Å². The third kappa shape index (κ3) is 6.25. The van der Waals surface area contributed by atoms with Gasteiger partial charge < -0.3 is 9.47 Å². The quantitative estimate of drug-likeness (QED) is 0.140. The maximum absolute atomic E-state index is 12.4. The molecule has 186 valence electrons. The number of hydrogen-bond acceptors (Lipinski definition) is 5. The first-order valence-electron chi connectivity index (χ1n) is 11.6. The number of aromatic nitrogens is 1. The Morgan fingerprint density at radius 3 is 1.24 bits per heavy atom. The first kappa shape index (κ1) is 25.6. The van der Waals surface area contributed by atoms with Gasteiger partial charge in [0.05, 0.1) is 22.5 Å². The zero-order valence-corrected chi connectivity index (χ0v) is 23.0. The van der Waals surface area contributed by atoms with Crippen LogP contribution in [0.25, 0.3) is 22.5 Å². The highest BCUT2D eigenvalue weighted by Gasteiger charge is 2.11. The maximum Gasteiger partial charge on any atom is 0.343 e. The van der Waals surface area contributed by atoms with Crippen LogP contribution in [0.5, 0.6) is 11.5 Å². The van der Waals surface area contributed by atoms with E-state index in [1.165, 1.54) is 0 Å². The number of hydrogen-bond donors (Lipinski definition) is 0. The summed E-state index contributed by atoms with van der Waals surface area (Å²) in [5.74, 6) is 0.0601. The highest BCUT2D eigenvalue weighted by Crippen LogP contribution is 2.26. The summed E-state index contributed by atoms with van der Waals surface area (Å²) < 4.78 is 12.8. The fourth-order valence-corrected chi connectivity index (χ4v) is 4.18. The van der Waals surface area contributed by atoms with Crippen molar-refractivity contribution in [3.05, 3.63) is 135 Å². The largest absolute Gasteiger partial charge is 0.423 e. The predicted molar refractivity (Wildman–Crippen MR) is 153 cm³/mol. The van der Waals surface area contributed by atoms with Crippen molar-refractivity contribution in [2.45, 2.75) is 0 Å². The highest BCUT2D eigenvalue weighted by molar-refractivity contribution is 9.10. The number of carbonyl (C=O) groups is 2. The van der Waals surface area contributed by atoms with Gasteiger partial charge in [0, 0.05) is 20.1 Å². The number of carbonyl (C=O) groups excluding carboxylic acids is 2. The molecule has 5 rings (SSSR count). The first-order chi connectivity index (χ1) is 18.4. The maximum atomic E-state index is 12.4.